The molecule has 0 amide bonds. The number of carbonyl (C=O) groups is 1. The van der Waals surface area contributed by atoms with Crippen molar-refractivity contribution in [3.05, 3.63) is 81.3 Å². The SMILES string of the molecule is CCCOc1ccc(C2(O)OC(=O)C(c3ccc4nsnc4c3)=C2Cc2cccs2)cc1F. The van der Waals surface area contributed by atoms with Crippen LogP contribution in [0.2, 0.25) is 0 Å². The highest BCUT2D eigenvalue weighted by atomic mass is 32.1. The Balaban J connectivity index is 1.64. The lowest BCUT2D eigenvalue weighted by atomic mass is 9.89. The van der Waals surface area contributed by atoms with Gasteiger partial charge in [-0.05, 0) is 53.8 Å². The lowest BCUT2D eigenvalue weighted by molar-refractivity contribution is -0.185. The number of fused-ring (bicyclic) bond motifs is 1. The minimum Gasteiger partial charge on any atom is -0.491 e. The molecule has 4 aromatic rings. The summed E-state index contributed by atoms with van der Waals surface area (Å²) in [6.07, 6.45) is 0.997. The molecule has 2 aromatic carbocycles. The Bertz CT molecular complexity index is 1370. The summed E-state index contributed by atoms with van der Waals surface area (Å²) >= 11 is 2.58. The molecule has 0 spiro atoms. The standard InChI is InChI=1S/C24H19FN2O4S2/c1-2-9-30-21-8-6-15(12-18(21)25)24(29)17(13-16-4-3-10-32-16)22(23(28)31-24)14-5-7-19-20(11-14)27-33-26-19/h3-8,10-12,29H,2,9,13H2,1H3. The zero-order chi connectivity index (χ0) is 23.0. The van der Waals surface area contributed by atoms with Gasteiger partial charge in [0.05, 0.1) is 23.9 Å². The molecular weight excluding hydrogens is 463 g/mol. The average molecular weight is 483 g/mol. The van der Waals surface area contributed by atoms with E-state index in [1.165, 1.54) is 23.5 Å². The van der Waals surface area contributed by atoms with Crippen LogP contribution in [0.3, 0.4) is 0 Å². The van der Waals surface area contributed by atoms with Crippen LogP contribution in [0.1, 0.15) is 29.3 Å². The van der Waals surface area contributed by atoms with Crippen LogP contribution < -0.4 is 4.74 Å². The molecule has 0 bridgehead atoms. The number of benzene rings is 2. The predicted molar refractivity (Wildman–Crippen MR) is 125 cm³/mol. The second kappa shape index (κ2) is 8.66. The molecule has 0 aliphatic carbocycles. The Morgan fingerprint density at radius 3 is 2.76 bits per heavy atom. The summed E-state index contributed by atoms with van der Waals surface area (Å²) in [4.78, 5) is 14.0. The fourth-order valence-electron chi connectivity index (χ4n) is 3.84. The van der Waals surface area contributed by atoms with Crippen LogP contribution in [0.5, 0.6) is 5.75 Å². The molecule has 1 aliphatic rings. The average Bonchev–Trinajstić information content (AvgIpc) is 3.53. The molecule has 2 aromatic heterocycles. The normalized spacial score (nSPS) is 18.2. The molecule has 0 saturated carbocycles. The molecule has 3 heterocycles. The van der Waals surface area contributed by atoms with Crippen molar-refractivity contribution >= 4 is 45.6 Å². The van der Waals surface area contributed by atoms with Gasteiger partial charge in [0, 0.05) is 22.4 Å². The highest BCUT2D eigenvalue weighted by molar-refractivity contribution is 7.09. The summed E-state index contributed by atoms with van der Waals surface area (Å²) in [6, 6.07) is 13.2. The second-order valence-corrected chi connectivity index (χ2v) is 9.17. The predicted octanol–water partition coefficient (Wildman–Crippen LogP) is 5.08. The molecule has 5 rings (SSSR count). The van der Waals surface area contributed by atoms with Gasteiger partial charge in [-0.25, -0.2) is 9.18 Å². The van der Waals surface area contributed by atoms with Gasteiger partial charge in [-0.15, -0.1) is 11.3 Å². The van der Waals surface area contributed by atoms with Crippen LogP contribution in [0, 0.1) is 5.82 Å². The number of aliphatic hydroxyl groups is 1. The minimum atomic E-state index is -2.12. The van der Waals surface area contributed by atoms with E-state index in [0.29, 0.717) is 23.3 Å². The van der Waals surface area contributed by atoms with Crippen molar-refractivity contribution in [2.24, 2.45) is 0 Å². The molecule has 1 aliphatic heterocycles. The maximum atomic E-state index is 14.8. The second-order valence-electron chi connectivity index (χ2n) is 7.60. The van der Waals surface area contributed by atoms with Crippen molar-refractivity contribution in [2.75, 3.05) is 6.61 Å². The summed E-state index contributed by atoms with van der Waals surface area (Å²) in [5.41, 5.74) is 2.63. The number of cyclic esters (lactones) is 1. The highest BCUT2D eigenvalue weighted by Gasteiger charge is 2.48. The minimum absolute atomic E-state index is 0.0824. The quantitative estimate of drug-likeness (QED) is 0.370. The number of aromatic nitrogens is 2. The van der Waals surface area contributed by atoms with Gasteiger partial charge in [0.1, 0.15) is 11.0 Å². The third kappa shape index (κ3) is 3.92. The van der Waals surface area contributed by atoms with Crippen LogP contribution in [0.15, 0.2) is 59.5 Å². The van der Waals surface area contributed by atoms with Crippen molar-refractivity contribution in [1.82, 2.24) is 8.75 Å². The zero-order valence-corrected chi connectivity index (χ0v) is 19.2. The first-order valence-corrected chi connectivity index (χ1v) is 12.0. The van der Waals surface area contributed by atoms with E-state index < -0.39 is 17.6 Å². The summed E-state index contributed by atoms with van der Waals surface area (Å²) in [5.74, 6) is -3.35. The molecule has 6 nitrogen and oxygen atoms in total. The van der Waals surface area contributed by atoms with E-state index in [9.17, 15) is 14.3 Å². The fraction of sp³-hybridized carbons (Fsp3) is 0.208. The Morgan fingerprint density at radius 1 is 1.15 bits per heavy atom. The monoisotopic (exact) mass is 482 g/mol. The molecule has 33 heavy (non-hydrogen) atoms. The first-order valence-electron chi connectivity index (χ1n) is 10.4. The van der Waals surface area contributed by atoms with Gasteiger partial charge in [0.15, 0.2) is 11.6 Å². The molecule has 0 radical (unpaired) electrons. The molecule has 9 heteroatoms. The number of carbonyl (C=O) groups excluding carboxylic acids is 1. The summed E-state index contributed by atoms with van der Waals surface area (Å²) in [7, 11) is 0. The van der Waals surface area contributed by atoms with E-state index in [0.717, 1.165) is 34.6 Å². The molecule has 168 valence electrons. The van der Waals surface area contributed by atoms with Crippen LogP contribution in [0.4, 0.5) is 4.39 Å². The van der Waals surface area contributed by atoms with Gasteiger partial charge >= 0.3 is 5.97 Å². The third-order valence-electron chi connectivity index (χ3n) is 5.41. The van der Waals surface area contributed by atoms with E-state index in [2.05, 4.69) is 8.75 Å². The molecule has 1 atom stereocenters. The third-order valence-corrected chi connectivity index (χ3v) is 6.85. The number of hydrogen-bond donors (Lipinski definition) is 1. The topological polar surface area (TPSA) is 81.5 Å². The van der Waals surface area contributed by atoms with E-state index >= 15 is 0 Å². The van der Waals surface area contributed by atoms with Crippen LogP contribution in [-0.2, 0) is 21.7 Å². The zero-order valence-electron chi connectivity index (χ0n) is 17.6. The lowest BCUT2D eigenvalue weighted by Gasteiger charge is -2.25. The van der Waals surface area contributed by atoms with Gasteiger partial charge in [0.25, 0.3) is 5.79 Å². The number of nitrogens with zero attached hydrogens (tertiary/aromatic N) is 2. The van der Waals surface area contributed by atoms with Crippen LogP contribution in [0.25, 0.3) is 16.6 Å². The lowest BCUT2D eigenvalue weighted by Crippen LogP contribution is -2.30. The highest BCUT2D eigenvalue weighted by Crippen LogP contribution is 2.45. The van der Waals surface area contributed by atoms with Gasteiger partial charge in [-0.1, -0.05) is 19.1 Å². The molecule has 0 fully saturated rings. The number of hydrogen-bond acceptors (Lipinski definition) is 8. The van der Waals surface area contributed by atoms with Crippen LogP contribution in [-0.4, -0.2) is 26.4 Å². The van der Waals surface area contributed by atoms with E-state index in [-0.39, 0.29) is 23.3 Å². The molecule has 1 unspecified atom stereocenters. The smallest absolute Gasteiger partial charge is 0.342 e. The van der Waals surface area contributed by atoms with E-state index in [1.54, 1.807) is 18.2 Å². The maximum Gasteiger partial charge on any atom is 0.342 e. The van der Waals surface area contributed by atoms with E-state index in [4.69, 9.17) is 9.47 Å². The summed E-state index contributed by atoms with van der Waals surface area (Å²) < 4.78 is 34.1. The van der Waals surface area contributed by atoms with Crippen molar-refractivity contribution < 1.29 is 23.8 Å². The number of rotatable bonds is 7. The Labute approximate surface area is 197 Å². The molecule has 0 saturated heterocycles. The van der Waals surface area contributed by atoms with Crippen molar-refractivity contribution in [1.29, 1.82) is 0 Å². The van der Waals surface area contributed by atoms with E-state index in [1.807, 2.05) is 24.4 Å². The van der Waals surface area contributed by atoms with Crippen molar-refractivity contribution in [3.8, 4) is 5.75 Å². The van der Waals surface area contributed by atoms with Gasteiger partial charge in [-0.3, -0.25) is 0 Å². The maximum absolute atomic E-state index is 14.8. The first-order chi connectivity index (χ1) is 16.0. The summed E-state index contributed by atoms with van der Waals surface area (Å²) in [5, 5.41) is 13.6. The van der Waals surface area contributed by atoms with Gasteiger partial charge < -0.3 is 14.6 Å². The summed E-state index contributed by atoms with van der Waals surface area (Å²) in [6.45, 7) is 2.30. The van der Waals surface area contributed by atoms with Gasteiger partial charge in [-0.2, -0.15) is 8.75 Å². The number of halogens is 1. The Morgan fingerprint density at radius 2 is 2.00 bits per heavy atom. The first kappa shape index (κ1) is 21.7. The Hall–Kier alpha value is -3.14. The van der Waals surface area contributed by atoms with Crippen LogP contribution >= 0.6 is 23.1 Å². The molecular formula is C24H19FN2O4S2. The Kier molecular flexibility index (Phi) is 5.69. The number of thiophene rings is 1. The van der Waals surface area contributed by atoms with Crippen molar-refractivity contribution in [3.63, 3.8) is 0 Å². The number of ether oxygens (including phenoxy) is 2. The van der Waals surface area contributed by atoms with Gasteiger partial charge in [0.2, 0.25) is 0 Å². The molecule has 1 N–H and O–H groups in total. The number of esters is 1. The largest absolute Gasteiger partial charge is 0.491 e. The fourth-order valence-corrected chi connectivity index (χ4v) is 5.07. The van der Waals surface area contributed by atoms with Crippen molar-refractivity contribution in [2.45, 2.75) is 25.6 Å².